The Bertz CT molecular complexity index is 597. The molecule has 1 aromatic rings. The largest absolute Gasteiger partial charge is 0.446 e. The van der Waals surface area contributed by atoms with E-state index in [1.54, 1.807) is 18.0 Å². The van der Waals surface area contributed by atoms with Crippen molar-refractivity contribution in [1.82, 2.24) is 4.90 Å². The molecule has 1 aliphatic carbocycles. The molecule has 0 aliphatic heterocycles. The molecule has 27 heavy (non-hydrogen) atoms. The quantitative estimate of drug-likeness (QED) is 0.570. The molecule has 0 N–H and O–H groups in total. The molecular formula is C21H30F3NO2. The molecule has 1 fully saturated rings. The van der Waals surface area contributed by atoms with Gasteiger partial charge in [-0.05, 0) is 49.7 Å². The molecule has 152 valence electrons. The molecule has 6 heteroatoms. The Balaban J connectivity index is 1.83. The minimum Gasteiger partial charge on any atom is -0.446 e. The molecule has 1 aromatic carbocycles. The summed E-state index contributed by atoms with van der Waals surface area (Å²) in [6, 6.07) is 5.34. The van der Waals surface area contributed by atoms with Crippen LogP contribution in [0.25, 0.3) is 0 Å². The van der Waals surface area contributed by atoms with Crippen molar-refractivity contribution in [2.75, 3.05) is 13.6 Å². The zero-order valence-corrected chi connectivity index (χ0v) is 16.2. The van der Waals surface area contributed by atoms with E-state index in [0.717, 1.165) is 18.9 Å². The third-order valence-electron chi connectivity index (χ3n) is 5.30. The first-order valence-electron chi connectivity index (χ1n) is 9.87. The summed E-state index contributed by atoms with van der Waals surface area (Å²) in [5.41, 5.74) is -0.0351. The van der Waals surface area contributed by atoms with E-state index in [-0.39, 0.29) is 12.2 Å². The van der Waals surface area contributed by atoms with Gasteiger partial charge in [0.25, 0.3) is 0 Å². The van der Waals surface area contributed by atoms with E-state index < -0.39 is 11.7 Å². The first kappa shape index (κ1) is 21.6. The summed E-state index contributed by atoms with van der Waals surface area (Å²) in [4.78, 5) is 14.0. The highest BCUT2D eigenvalue weighted by atomic mass is 19.4. The molecule has 0 heterocycles. The Hall–Kier alpha value is -1.72. The van der Waals surface area contributed by atoms with Gasteiger partial charge in [-0.25, -0.2) is 4.79 Å². The summed E-state index contributed by atoms with van der Waals surface area (Å²) in [6.07, 6.45) is 2.67. The van der Waals surface area contributed by atoms with Gasteiger partial charge in [-0.3, -0.25) is 0 Å². The van der Waals surface area contributed by atoms with Crippen LogP contribution >= 0.6 is 0 Å². The van der Waals surface area contributed by atoms with Crippen LogP contribution in [-0.4, -0.2) is 30.7 Å². The molecule has 3 nitrogen and oxygen atoms in total. The topological polar surface area (TPSA) is 29.5 Å². The van der Waals surface area contributed by atoms with E-state index >= 15 is 0 Å². The van der Waals surface area contributed by atoms with Crippen molar-refractivity contribution >= 4 is 6.09 Å². The summed E-state index contributed by atoms with van der Waals surface area (Å²) in [5, 5.41) is 0. The normalized spacial score (nSPS) is 16.8. The molecule has 1 atom stereocenters. The molecule has 0 radical (unpaired) electrons. The number of alkyl halides is 3. The molecule has 1 amide bonds. The molecule has 1 aliphatic rings. The third kappa shape index (κ3) is 7.07. The van der Waals surface area contributed by atoms with Crippen LogP contribution in [0, 0.1) is 5.92 Å². The van der Waals surface area contributed by atoms with E-state index in [9.17, 15) is 18.0 Å². The van der Waals surface area contributed by atoms with Crippen LogP contribution in [0.1, 0.15) is 63.0 Å². The standard InChI is InChI=1S/C21H30F3NO2/c1-3-19(13-12-16-10-7-11-18(14-16)21(22,23)24)27-20(26)25(2)15-17-8-5-4-6-9-17/h7,10-11,14,17,19H,3-6,8-9,12-13,15H2,1-2H3. The van der Waals surface area contributed by atoms with Crippen molar-refractivity contribution in [3.05, 3.63) is 35.4 Å². The average molecular weight is 385 g/mol. The maximum Gasteiger partial charge on any atom is 0.416 e. The smallest absolute Gasteiger partial charge is 0.416 e. The fraction of sp³-hybridized carbons (Fsp3) is 0.667. The first-order chi connectivity index (χ1) is 12.8. The van der Waals surface area contributed by atoms with Crippen molar-refractivity contribution in [1.29, 1.82) is 0 Å². The van der Waals surface area contributed by atoms with Crippen LogP contribution in [0.4, 0.5) is 18.0 Å². The number of hydrogen-bond donors (Lipinski definition) is 0. The predicted octanol–water partition coefficient (Wildman–Crippen LogP) is 6.07. The second kappa shape index (κ2) is 10.00. The van der Waals surface area contributed by atoms with Crippen molar-refractivity contribution in [3.63, 3.8) is 0 Å². The fourth-order valence-corrected chi connectivity index (χ4v) is 3.64. The lowest BCUT2D eigenvalue weighted by molar-refractivity contribution is -0.137. The van der Waals surface area contributed by atoms with Gasteiger partial charge < -0.3 is 9.64 Å². The third-order valence-corrected chi connectivity index (χ3v) is 5.30. The predicted molar refractivity (Wildman–Crippen MR) is 99.5 cm³/mol. The number of carbonyl (C=O) groups is 1. The molecule has 2 rings (SSSR count). The zero-order chi connectivity index (χ0) is 19.9. The molecule has 0 saturated heterocycles. The van der Waals surface area contributed by atoms with E-state index in [1.807, 2.05) is 6.92 Å². The van der Waals surface area contributed by atoms with Gasteiger partial charge in [-0.2, -0.15) is 13.2 Å². The summed E-state index contributed by atoms with van der Waals surface area (Å²) in [5.74, 6) is 0.543. The van der Waals surface area contributed by atoms with E-state index in [4.69, 9.17) is 4.74 Å². The van der Waals surface area contributed by atoms with Crippen LogP contribution in [-0.2, 0) is 17.3 Å². The monoisotopic (exact) mass is 385 g/mol. The van der Waals surface area contributed by atoms with Gasteiger partial charge in [0.05, 0.1) is 5.56 Å². The van der Waals surface area contributed by atoms with Crippen molar-refractivity contribution in [3.8, 4) is 0 Å². The summed E-state index contributed by atoms with van der Waals surface area (Å²) in [7, 11) is 1.76. The minimum atomic E-state index is -4.34. The SMILES string of the molecule is CCC(CCc1cccc(C(F)(F)F)c1)OC(=O)N(C)CC1CCCCC1. The van der Waals surface area contributed by atoms with Crippen LogP contribution in [0.2, 0.25) is 0 Å². The Labute approximate surface area is 159 Å². The highest BCUT2D eigenvalue weighted by molar-refractivity contribution is 5.67. The second-order valence-electron chi connectivity index (χ2n) is 7.54. The number of benzene rings is 1. The molecule has 1 unspecified atom stereocenters. The van der Waals surface area contributed by atoms with Gasteiger partial charge in [0, 0.05) is 13.6 Å². The molecular weight excluding hydrogens is 355 g/mol. The highest BCUT2D eigenvalue weighted by Gasteiger charge is 2.30. The summed E-state index contributed by atoms with van der Waals surface area (Å²) in [6.45, 7) is 2.63. The summed E-state index contributed by atoms with van der Waals surface area (Å²) < 4.78 is 44.0. The number of nitrogens with zero attached hydrogens (tertiary/aromatic N) is 1. The molecule has 0 spiro atoms. The van der Waals surface area contributed by atoms with Gasteiger partial charge in [-0.1, -0.05) is 44.4 Å². The number of rotatable bonds is 7. The lowest BCUT2D eigenvalue weighted by Crippen LogP contribution is -2.35. The number of ether oxygens (including phenoxy) is 1. The Morgan fingerprint density at radius 3 is 2.59 bits per heavy atom. The number of amides is 1. The lowest BCUT2D eigenvalue weighted by atomic mass is 9.89. The van der Waals surface area contributed by atoms with E-state index in [0.29, 0.717) is 37.3 Å². The minimum absolute atomic E-state index is 0.291. The van der Waals surface area contributed by atoms with Crippen LogP contribution < -0.4 is 0 Å². The van der Waals surface area contributed by atoms with Gasteiger partial charge >= 0.3 is 12.3 Å². The number of aryl methyl sites for hydroxylation is 1. The first-order valence-corrected chi connectivity index (χ1v) is 9.87. The highest BCUT2D eigenvalue weighted by Crippen LogP contribution is 2.30. The fourth-order valence-electron chi connectivity index (χ4n) is 3.64. The Morgan fingerprint density at radius 1 is 1.26 bits per heavy atom. The maximum absolute atomic E-state index is 12.8. The van der Waals surface area contributed by atoms with Crippen LogP contribution in [0.15, 0.2) is 24.3 Å². The van der Waals surface area contributed by atoms with Crippen molar-refractivity contribution in [2.45, 2.75) is 70.6 Å². The summed E-state index contributed by atoms with van der Waals surface area (Å²) >= 11 is 0. The van der Waals surface area contributed by atoms with Gasteiger partial charge in [0.15, 0.2) is 0 Å². The second-order valence-corrected chi connectivity index (χ2v) is 7.54. The van der Waals surface area contributed by atoms with Gasteiger partial charge in [-0.15, -0.1) is 0 Å². The van der Waals surface area contributed by atoms with E-state index in [1.165, 1.54) is 31.4 Å². The molecule has 0 bridgehead atoms. The van der Waals surface area contributed by atoms with Gasteiger partial charge in [0.1, 0.15) is 6.10 Å². The van der Waals surface area contributed by atoms with E-state index in [2.05, 4.69) is 0 Å². The zero-order valence-electron chi connectivity index (χ0n) is 16.2. The van der Waals surface area contributed by atoms with Crippen molar-refractivity contribution in [2.24, 2.45) is 5.92 Å². The Kier molecular flexibility index (Phi) is 7.99. The van der Waals surface area contributed by atoms with Crippen LogP contribution in [0.3, 0.4) is 0 Å². The lowest BCUT2D eigenvalue weighted by Gasteiger charge is -2.28. The maximum atomic E-state index is 12.8. The molecule has 0 aromatic heterocycles. The average Bonchev–Trinajstić information content (AvgIpc) is 2.65. The van der Waals surface area contributed by atoms with Crippen LogP contribution in [0.5, 0.6) is 0 Å². The van der Waals surface area contributed by atoms with Crippen molar-refractivity contribution < 1.29 is 22.7 Å². The number of carbonyl (C=O) groups excluding carboxylic acids is 1. The number of halogens is 3. The van der Waals surface area contributed by atoms with Gasteiger partial charge in [0.2, 0.25) is 0 Å². The molecule has 1 saturated carbocycles. The number of hydrogen-bond acceptors (Lipinski definition) is 2. The Morgan fingerprint density at radius 2 is 1.96 bits per heavy atom.